The molecule has 0 N–H and O–H groups in total. The van der Waals surface area contributed by atoms with Gasteiger partial charge >= 0.3 is 0 Å². The monoisotopic (exact) mass is 280 g/mol. The van der Waals surface area contributed by atoms with Crippen LogP contribution in [0.25, 0.3) is 0 Å². The highest BCUT2D eigenvalue weighted by Gasteiger charge is 2.40. The molecule has 0 aromatic heterocycles. The Morgan fingerprint density at radius 3 is 2.45 bits per heavy atom. The molecule has 2 rings (SSSR count). The largest absolute Gasteiger partial charge is 0.299 e. The molecule has 1 saturated carbocycles. The first-order valence-electron chi connectivity index (χ1n) is 7.40. The predicted molar refractivity (Wildman–Crippen MR) is 75.4 cm³/mol. The molecule has 0 amide bonds. The van der Waals surface area contributed by atoms with Crippen molar-refractivity contribution in [1.82, 2.24) is 0 Å². The molecule has 0 atom stereocenters. The third-order valence-electron chi connectivity index (χ3n) is 4.32. The summed E-state index contributed by atoms with van der Waals surface area (Å²) in [7, 11) is 0. The zero-order valence-electron chi connectivity index (χ0n) is 12.2. The SMILES string of the molecule is CC(C)CC1(C(=O)Cc2ccc(F)cc2F)CCCC1. The fourth-order valence-corrected chi connectivity index (χ4v) is 3.46. The lowest BCUT2D eigenvalue weighted by molar-refractivity contribution is -0.128. The van der Waals surface area contributed by atoms with E-state index in [9.17, 15) is 13.6 Å². The van der Waals surface area contributed by atoms with Gasteiger partial charge in [0.25, 0.3) is 0 Å². The Morgan fingerprint density at radius 2 is 1.90 bits per heavy atom. The second-order valence-corrected chi connectivity index (χ2v) is 6.42. The van der Waals surface area contributed by atoms with E-state index in [-0.39, 0.29) is 17.6 Å². The minimum Gasteiger partial charge on any atom is -0.299 e. The molecule has 1 fully saturated rings. The van der Waals surface area contributed by atoms with Crippen LogP contribution in [-0.4, -0.2) is 5.78 Å². The molecule has 0 spiro atoms. The summed E-state index contributed by atoms with van der Waals surface area (Å²) in [4.78, 5) is 12.6. The normalized spacial score (nSPS) is 17.6. The average Bonchev–Trinajstić information content (AvgIpc) is 2.81. The van der Waals surface area contributed by atoms with E-state index >= 15 is 0 Å². The second kappa shape index (κ2) is 6.02. The number of ketones is 1. The van der Waals surface area contributed by atoms with Gasteiger partial charge in [0.1, 0.15) is 17.4 Å². The summed E-state index contributed by atoms with van der Waals surface area (Å²) in [5.41, 5.74) is 0.0288. The molecule has 1 aliphatic carbocycles. The number of halogens is 2. The van der Waals surface area contributed by atoms with Gasteiger partial charge in [-0.25, -0.2) is 8.78 Å². The Balaban J connectivity index is 2.16. The van der Waals surface area contributed by atoms with E-state index in [0.717, 1.165) is 38.2 Å². The molecule has 3 heteroatoms. The molecular weight excluding hydrogens is 258 g/mol. The van der Waals surface area contributed by atoms with Crippen LogP contribution < -0.4 is 0 Å². The lowest BCUT2D eigenvalue weighted by Gasteiger charge is -2.29. The van der Waals surface area contributed by atoms with Crippen molar-refractivity contribution in [1.29, 1.82) is 0 Å². The lowest BCUT2D eigenvalue weighted by atomic mass is 9.73. The lowest BCUT2D eigenvalue weighted by Crippen LogP contribution is -2.31. The maximum atomic E-state index is 13.7. The molecule has 1 aromatic carbocycles. The van der Waals surface area contributed by atoms with Crippen LogP contribution in [-0.2, 0) is 11.2 Å². The molecule has 1 nitrogen and oxygen atoms in total. The first-order valence-corrected chi connectivity index (χ1v) is 7.40. The van der Waals surface area contributed by atoms with Gasteiger partial charge < -0.3 is 0 Å². The van der Waals surface area contributed by atoms with Crippen molar-refractivity contribution in [3.63, 3.8) is 0 Å². The van der Waals surface area contributed by atoms with Gasteiger partial charge in [0.15, 0.2) is 0 Å². The predicted octanol–water partition coefficient (Wildman–Crippen LogP) is 4.68. The first kappa shape index (κ1) is 15.1. The number of carbonyl (C=O) groups is 1. The standard InChI is InChI=1S/C17H22F2O/c1-12(2)11-17(7-3-4-8-17)16(20)9-13-5-6-14(18)10-15(13)19/h5-6,10,12H,3-4,7-9,11H2,1-2H3. The van der Waals surface area contributed by atoms with Crippen molar-refractivity contribution in [2.24, 2.45) is 11.3 Å². The van der Waals surface area contributed by atoms with Gasteiger partial charge in [-0.1, -0.05) is 32.8 Å². The maximum Gasteiger partial charge on any atom is 0.143 e. The van der Waals surface area contributed by atoms with Crippen LogP contribution in [0.15, 0.2) is 18.2 Å². The van der Waals surface area contributed by atoms with Crippen molar-refractivity contribution < 1.29 is 13.6 Å². The molecule has 0 heterocycles. The molecule has 0 saturated heterocycles. The minimum atomic E-state index is -0.615. The van der Waals surface area contributed by atoms with E-state index < -0.39 is 11.6 Å². The van der Waals surface area contributed by atoms with E-state index in [1.807, 2.05) is 0 Å². The van der Waals surface area contributed by atoms with Crippen LogP contribution in [0.4, 0.5) is 8.78 Å². The van der Waals surface area contributed by atoms with E-state index in [1.54, 1.807) is 0 Å². The summed E-state index contributed by atoms with van der Waals surface area (Å²) in [6.07, 6.45) is 4.92. The van der Waals surface area contributed by atoms with Gasteiger partial charge in [-0.2, -0.15) is 0 Å². The zero-order chi connectivity index (χ0) is 14.8. The maximum absolute atomic E-state index is 13.7. The number of hydrogen-bond acceptors (Lipinski definition) is 1. The fraction of sp³-hybridized carbons (Fsp3) is 0.588. The molecule has 1 aromatic rings. The molecule has 0 radical (unpaired) electrons. The quantitative estimate of drug-likeness (QED) is 0.765. The summed E-state index contributed by atoms with van der Waals surface area (Å²) < 4.78 is 26.6. The molecule has 1 aliphatic rings. The summed E-state index contributed by atoms with van der Waals surface area (Å²) in [6, 6.07) is 3.46. The van der Waals surface area contributed by atoms with Crippen LogP contribution in [0.2, 0.25) is 0 Å². The molecule has 20 heavy (non-hydrogen) atoms. The van der Waals surface area contributed by atoms with Crippen LogP contribution in [0.1, 0.15) is 51.5 Å². The highest BCUT2D eigenvalue weighted by molar-refractivity contribution is 5.87. The number of carbonyl (C=O) groups excluding carboxylic acids is 1. The highest BCUT2D eigenvalue weighted by atomic mass is 19.1. The Bertz CT molecular complexity index is 488. The van der Waals surface area contributed by atoms with Crippen molar-refractivity contribution in [3.05, 3.63) is 35.4 Å². The van der Waals surface area contributed by atoms with Crippen molar-refractivity contribution in [2.75, 3.05) is 0 Å². The van der Waals surface area contributed by atoms with E-state index in [1.165, 1.54) is 12.1 Å². The molecular formula is C17H22F2O. The molecule has 0 unspecified atom stereocenters. The Hall–Kier alpha value is -1.25. The first-order chi connectivity index (χ1) is 9.43. The van der Waals surface area contributed by atoms with Crippen LogP contribution in [0.3, 0.4) is 0 Å². The van der Waals surface area contributed by atoms with Crippen molar-refractivity contribution in [3.8, 4) is 0 Å². The second-order valence-electron chi connectivity index (χ2n) is 6.42. The Labute approximate surface area is 119 Å². The van der Waals surface area contributed by atoms with Gasteiger partial charge in [-0.05, 0) is 36.8 Å². The Morgan fingerprint density at radius 1 is 1.25 bits per heavy atom. The van der Waals surface area contributed by atoms with Crippen LogP contribution >= 0.6 is 0 Å². The fourth-order valence-electron chi connectivity index (χ4n) is 3.46. The van der Waals surface area contributed by atoms with Gasteiger partial charge in [-0.3, -0.25) is 4.79 Å². The van der Waals surface area contributed by atoms with Crippen LogP contribution in [0, 0.1) is 23.0 Å². The number of benzene rings is 1. The van der Waals surface area contributed by atoms with Crippen molar-refractivity contribution in [2.45, 2.75) is 52.4 Å². The van der Waals surface area contributed by atoms with Gasteiger partial charge in [0.2, 0.25) is 0 Å². The van der Waals surface area contributed by atoms with Gasteiger partial charge in [0, 0.05) is 17.9 Å². The summed E-state index contributed by atoms with van der Waals surface area (Å²) in [6.45, 7) is 4.23. The average molecular weight is 280 g/mol. The third-order valence-corrected chi connectivity index (χ3v) is 4.32. The molecule has 110 valence electrons. The number of Topliss-reactive ketones (excluding diaryl/α,β-unsaturated/α-hetero) is 1. The number of hydrogen-bond donors (Lipinski definition) is 0. The number of rotatable bonds is 5. The summed E-state index contributed by atoms with van der Waals surface area (Å²) in [5, 5.41) is 0. The Kier molecular flexibility index (Phi) is 4.56. The summed E-state index contributed by atoms with van der Waals surface area (Å²) >= 11 is 0. The van der Waals surface area contributed by atoms with E-state index in [0.29, 0.717) is 11.5 Å². The molecule has 0 aliphatic heterocycles. The van der Waals surface area contributed by atoms with Crippen LogP contribution in [0.5, 0.6) is 0 Å². The highest BCUT2D eigenvalue weighted by Crippen LogP contribution is 2.44. The topological polar surface area (TPSA) is 17.1 Å². The van der Waals surface area contributed by atoms with Gasteiger partial charge in [0.05, 0.1) is 0 Å². The van der Waals surface area contributed by atoms with Crippen molar-refractivity contribution >= 4 is 5.78 Å². The minimum absolute atomic E-state index is 0.0822. The molecule has 0 bridgehead atoms. The van der Waals surface area contributed by atoms with E-state index in [2.05, 4.69) is 13.8 Å². The van der Waals surface area contributed by atoms with E-state index in [4.69, 9.17) is 0 Å². The zero-order valence-corrected chi connectivity index (χ0v) is 12.2. The van der Waals surface area contributed by atoms with Gasteiger partial charge in [-0.15, -0.1) is 0 Å². The smallest absolute Gasteiger partial charge is 0.143 e. The summed E-state index contributed by atoms with van der Waals surface area (Å²) in [5.74, 6) is -0.642. The third kappa shape index (κ3) is 3.25.